The SMILES string of the molecule is CN(C(=O)C1(Cl)CC1(Cl)Cl)C1CCN(c2ccc(F)cc2)C1=O. The Morgan fingerprint density at radius 1 is 1.30 bits per heavy atom. The maximum Gasteiger partial charge on any atom is 0.249 e. The maximum atomic E-state index is 13.0. The molecule has 8 heteroatoms. The largest absolute Gasteiger partial charge is 0.332 e. The molecule has 23 heavy (non-hydrogen) atoms. The average Bonchev–Trinajstić information content (AvgIpc) is 2.82. The van der Waals surface area contributed by atoms with Crippen LogP contribution in [0.15, 0.2) is 24.3 Å². The van der Waals surface area contributed by atoms with E-state index in [1.54, 1.807) is 0 Å². The molecule has 1 aliphatic heterocycles. The summed E-state index contributed by atoms with van der Waals surface area (Å²) >= 11 is 18.0. The van der Waals surface area contributed by atoms with Crippen molar-refractivity contribution in [3.05, 3.63) is 30.1 Å². The van der Waals surface area contributed by atoms with Gasteiger partial charge in [0.15, 0.2) is 4.87 Å². The van der Waals surface area contributed by atoms with Gasteiger partial charge in [-0.25, -0.2) is 4.39 Å². The predicted octanol–water partition coefficient (Wildman–Crippen LogP) is 2.94. The van der Waals surface area contributed by atoms with Gasteiger partial charge >= 0.3 is 0 Å². The molecule has 0 spiro atoms. The third-order valence-corrected chi connectivity index (χ3v) is 6.09. The Bertz CT molecular complexity index is 667. The second-order valence-electron chi connectivity index (χ2n) is 5.87. The van der Waals surface area contributed by atoms with Crippen molar-refractivity contribution in [2.24, 2.45) is 0 Å². The van der Waals surface area contributed by atoms with Crippen molar-refractivity contribution >= 4 is 52.3 Å². The highest BCUT2D eigenvalue weighted by molar-refractivity contribution is 6.62. The Morgan fingerprint density at radius 3 is 2.39 bits per heavy atom. The first-order chi connectivity index (χ1) is 10.7. The van der Waals surface area contributed by atoms with Gasteiger partial charge in [-0.2, -0.15) is 0 Å². The van der Waals surface area contributed by atoms with Gasteiger partial charge in [0.1, 0.15) is 16.2 Å². The van der Waals surface area contributed by atoms with Crippen LogP contribution in [0.2, 0.25) is 0 Å². The number of carbonyl (C=O) groups is 2. The third-order valence-electron chi connectivity index (χ3n) is 4.36. The molecule has 1 aliphatic carbocycles. The molecule has 4 nitrogen and oxygen atoms in total. The topological polar surface area (TPSA) is 40.6 Å². The van der Waals surface area contributed by atoms with Crippen LogP contribution in [0, 0.1) is 5.82 Å². The minimum atomic E-state index is -1.37. The molecule has 2 amide bonds. The van der Waals surface area contributed by atoms with E-state index in [4.69, 9.17) is 34.8 Å². The van der Waals surface area contributed by atoms with Gasteiger partial charge in [0.25, 0.3) is 0 Å². The highest BCUT2D eigenvalue weighted by Gasteiger charge is 2.72. The zero-order valence-corrected chi connectivity index (χ0v) is 14.5. The molecule has 0 bridgehead atoms. The van der Waals surface area contributed by atoms with E-state index in [-0.39, 0.29) is 18.1 Å². The standard InChI is InChI=1S/C15H14Cl3FN2O2/c1-20(13(23)14(16)8-15(14,17)18)11-6-7-21(12(11)22)10-4-2-9(19)3-5-10/h2-5,11H,6-8H2,1H3. The number of amides is 2. The minimum Gasteiger partial charge on any atom is -0.332 e. The van der Waals surface area contributed by atoms with Crippen molar-refractivity contribution in [2.45, 2.75) is 28.1 Å². The first-order valence-electron chi connectivity index (χ1n) is 7.08. The molecule has 1 aromatic carbocycles. The van der Waals surface area contributed by atoms with Gasteiger partial charge in [-0.1, -0.05) is 23.2 Å². The number of halogens is 4. The summed E-state index contributed by atoms with van der Waals surface area (Å²) in [6.07, 6.45) is 0.611. The second-order valence-corrected chi connectivity index (χ2v) is 8.00. The van der Waals surface area contributed by atoms with E-state index in [1.807, 2.05) is 0 Å². The monoisotopic (exact) mass is 378 g/mol. The third kappa shape index (κ3) is 2.69. The fraction of sp³-hybridized carbons (Fsp3) is 0.467. The van der Waals surface area contributed by atoms with Gasteiger partial charge in [-0.15, -0.1) is 11.6 Å². The normalized spacial score (nSPS) is 28.8. The van der Waals surface area contributed by atoms with Crippen LogP contribution in [0.3, 0.4) is 0 Å². The van der Waals surface area contributed by atoms with Gasteiger partial charge in [0.05, 0.1) is 0 Å². The van der Waals surface area contributed by atoms with Gasteiger partial charge < -0.3 is 9.80 Å². The highest BCUT2D eigenvalue weighted by atomic mass is 35.5. The van der Waals surface area contributed by atoms with Crippen LogP contribution in [0.1, 0.15) is 12.8 Å². The molecule has 1 aromatic rings. The van der Waals surface area contributed by atoms with E-state index in [1.165, 1.54) is 41.1 Å². The number of carbonyl (C=O) groups excluding carboxylic acids is 2. The van der Waals surface area contributed by atoms with Crippen molar-refractivity contribution in [1.82, 2.24) is 4.90 Å². The summed E-state index contributed by atoms with van der Waals surface area (Å²) < 4.78 is 11.7. The van der Waals surface area contributed by atoms with E-state index in [0.717, 1.165) is 0 Å². The van der Waals surface area contributed by atoms with Crippen molar-refractivity contribution < 1.29 is 14.0 Å². The van der Waals surface area contributed by atoms with Crippen LogP contribution in [0.25, 0.3) is 0 Å². The lowest BCUT2D eigenvalue weighted by Gasteiger charge is -2.26. The number of benzene rings is 1. The van der Waals surface area contributed by atoms with Crippen molar-refractivity contribution in [2.75, 3.05) is 18.5 Å². The molecule has 0 N–H and O–H groups in total. The number of hydrogen-bond acceptors (Lipinski definition) is 2. The maximum absolute atomic E-state index is 13.0. The molecular formula is C15H14Cl3FN2O2. The predicted molar refractivity (Wildman–Crippen MR) is 87.6 cm³/mol. The average molecular weight is 380 g/mol. The van der Waals surface area contributed by atoms with Crippen LogP contribution < -0.4 is 4.90 Å². The summed E-state index contributed by atoms with van der Waals surface area (Å²) in [5.74, 6) is -1.06. The highest BCUT2D eigenvalue weighted by Crippen LogP contribution is 2.62. The number of hydrogen-bond donors (Lipinski definition) is 0. The van der Waals surface area contributed by atoms with Crippen LogP contribution >= 0.6 is 34.8 Å². The summed E-state index contributed by atoms with van der Waals surface area (Å²) in [5.41, 5.74) is 0.593. The van der Waals surface area contributed by atoms with E-state index in [9.17, 15) is 14.0 Å². The van der Waals surface area contributed by atoms with E-state index >= 15 is 0 Å². The van der Waals surface area contributed by atoms with Gasteiger partial charge in [-0.05, 0) is 30.7 Å². The molecule has 2 aliphatic rings. The van der Waals surface area contributed by atoms with Crippen molar-refractivity contribution in [3.8, 4) is 0 Å². The Balaban J connectivity index is 1.74. The lowest BCUT2D eigenvalue weighted by atomic mass is 10.2. The molecule has 1 heterocycles. The summed E-state index contributed by atoms with van der Waals surface area (Å²) in [6.45, 7) is 0.439. The molecule has 0 radical (unpaired) electrons. The van der Waals surface area contributed by atoms with E-state index in [0.29, 0.717) is 18.7 Å². The number of nitrogens with zero attached hydrogens (tertiary/aromatic N) is 2. The van der Waals surface area contributed by atoms with Crippen LogP contribution in [0.4, 0.5) is 10.1 Å². The van der Waals surface area contributed by atoms with Crippen LogP contribution in [0.5, 0.6) is 0 Å². The van der Waals surface area contributed by atoms with Crippen LogP contribution in [-0.2, 0) is 9.59 Å². The Hall–Kier alpha value is -1.04. The number of anilines is 1. The smallest absolute Gasteiger partial charge is 0.249 e. The summed E-state index contributed by atoms with van der Waals surface area (Å²) in [7, 11) is 1.52. The lowest BCUT2D eigenvalue weighted by molar-refractivity contribution is -0.137. The van der Waals surface area contributed by atoms with Gasteiger partial charge in [0.2, 0.25) is 11.8 Å². The zero-order chi connectivity index (χ0) is 17.0. The summed E-state index contributed by atoms with van der Waals surface area (Å²) in [6, 6.07) is 5.01. The summed E-state index contributed by atoms with van der Waals surface area (Å²) in [5, 5.41) is 0. The van der Waals surface area contributed by atoms with Gasteiger partial charge in [0, 0.05) is 25.7 Å². The molecule has 3 rings (SSSR count). The van der Waals surface area contributed by atoms with Crippen LogP contribution in [-0.4, -0.2) is 45.6 Å². The molecule has 124 valence electrons. The second kappa shape index (κ2) is 5.50. The zero-order valence-electron chi connectivity index (χ0n) is 12.2. The fourth-order valence-electron chi connectivity index (χ4n) is 2.82. The lowest BCUT2D eigenvalue weighted by Crippen LogP contribution is -2.47. The molecule has 2 unspecified atom stereocenters. The Kier molecular flexibility index (Phi) is 4.02. The van der Waals surface area contributed by atoms with Crippen molar-refractivity contribution in [1.29, 1.82) is 0 Å². The molecular weight excluding hydrogens is 366 g/mol. The number of likely N-dealkylation sites (N-methyl/N-ethyl adjacent to an activating group) is 1. The van der Waals surface area contributed by atoms with E-state index < -0.39 is 21.2 Å². The number of alkyl halides is 3. The first kappa shape index (κ1) is 16.8. The summed E-state index contributed by atoms with van der Waals surface area (Å²) in [4.78, 5) is 26.5. The molecule has 1 saturated heterocycles. The first-order valence-corrected chi connectivity index (χ1v) is 8.22. The molecule has 2 fully saturated rings. The van der Waals surface area contributed by atoms with E-state index in [2.05, 4.69) is 0 Å². The molecule has 1 saturated carbocycles. The fourth-order valence-corrected chi connectivity index (χ4v) is 3.85. The Morgan fingerprint density at radius 2 is 1.87 bits per heavy atom. The minimum absolute atomic E-state index is 0.149. The van der Waals surface area contributed by atoms with Gasteiger partial charge in [-0.3, -0.25) is 9.59 Å². The van der Waals surface area contributed by atoms with Crippen molar-refractivity contribution in [3.63, 3.8) is 0 Å². The molecule has 0 aromatic heterocycles. The Labute approximate surface area is 148 Å². The number of rotatable bonds is 3. The molecule has 2 atom stereocenters. The quantitative estimate of drug-likeness (QED) is 0.758.